The zero-order valence-corrected chi connectivity index (χ0v) is 19.2. The summed E-state index contributed by atoms with van der Waals surface area (Å²) in [6.45, 7) is 0.223. The van der Waals surface area contributed by atoms with Crippen LogP contribution < -0.4 is 4.74 Å². The van der Waals surface area contributed by atoms with Crippen molar-refractivity contribution in [2.75, 3.05) is 7.11 Å². The number of thioether (sulfide) groups is 1. The van der Waals surface area contributed by atoms with E-state index >= 15 is 0 Å². The highest BCUT2D eigenvalue weighted by Crippen LogP contribution is 2.35. The van der Waals surface area contributed by atoms with Crippen molar-refractivity contribution in [3.05, 3.63) is 94.0 Å². The van der Waals surface area contributed by atoms with Gasteiger partial charge in [-0.25, -0.2) is 0 Å². The number of benzene rings is 3. The van der Waals surface area contributed by atoms with Gasteiger partial charge >= 0.3 is 0 Å². The number of amides is 2. The number of imide groups is 1. The molecule has 0 unspecified atom stereocenters. The summed E-state index contributed by atoms with van der Waals surface area (Å²) in [6, 6.07) is 22.8. The molecule has 1 aliphatic heterocycles. The van der Waals surface area contributed by atoms with Crippen LogP contribution in [0.15, 0.2) is 82.1 Å². The first-order chi connectivity index (χ1) is 16.0. The Morgan fingerprint density at radius 1 is 1.00 bits per heavy atom. The van der Waals surface area contributed by atoms with Crippen molar-refractivity contribution in [2.45, 2.75) is 6.54 Å². The lowest BCUT2D eigenvalue weighted by atomic mass is 10.1. The van der Waals surface area contributed by atoms with E-state index in [-0.39, 0.29) is 17.7 Å². The van der Waals surface area contributed by atoms with Crippen LogP contribution in [0.25, 0.3) is 28.2 Å². The van der Waals surface area contributed by atoms with Crippen LogP contribution in [-0.4, -0.2) is 23.2 Å². The van der Waals surface area contributed by atoms with Gasteiger partial charge in [0.25, 0.3) is 11.1 Å². The first-order valence-corrected chi connectivity index (χ1v) is 11.4. The van der Waals surface area contributed by atoms with E-state index < -0.39 is 0 Å². The fourth-order valence-corrected chi connectivity index (χ4v) is 4.77. The molecular weight excluding hydrogens is 458 g/mol. The molecule has 4 aromatic rings. The molecule has 1 saturated heterocycles. The summed E-state index contributed by atoms with van der Waals surface area (Å²) in [5, 5.41) is 2.36. The molecule has 0 radical (unpaired) electrons. The lowest BCUT2D eigenvalue weighted by molar-refractivity contribution is -0.123. The van der Waals surface area contributed by atoms with E-state index in [1.165, 1.54) is 4.90 Å². The molecule has 0 bridgehead atoms. The zero-order chi connectivity index (χ0) is 22.9. The maximum absolute atomic E-state index is 12.9. The minimum atomic E-state index is -0.330. The summed E-state index contributed by atoms with van der Waals surface area (Å²) >= 11 is 7.12. The topological polar surface area (TPSA) is 59.8 Å². The molecule has 2 heterocycles. The van der Waals surface area contributed by atoms with Gasteiger partial charge in [0.1, 0.15) is 17.3 Å². The molecule has 7 heteroatoms. The molecule has 33 heavy (non-hydrogen) atoms. The predicted octanol–water partition coefficient (Wildman–Crippen LogP) is 7.00. The van der Waals surface area contributed by atoms with E-state index in [2.05, 4.69) is 0 Å². The van der Waals surface area contributed by atoms with Crippen molar-refractivity contribution in [1.29, 1.82) is 0 Å². The van der Waals surface area contributed by atoms with Crippen LogP contribution in [0.3, 0.4) is 0 Å². The predicted molar refractivity (Wildman–Crippen MR) is 131 cm³/mol. The van der Waals surface area contributed by atoms with Crippen molar-refractivity contribution in [3.8, 4) is 17.1 Å². The van der Waals surface area contributed by atoms with Crippen molar-refractivity contribution in [1.82, 2.24) is 4.90 Å². The quantitative estimate of drug-likeness (QED) is 0.291. The molecule has 0 N–H and O–H groups in total. The van der Waals surface area contributed by atoms with Gasteiger partial charge in [-0.2, -0.15) is 0 Å². The SMILES string of the molecule is COc1ccc(-c2ccc(/C=C3\SC(=O)N(Cc4ccc5ccccc5c4)C3=O)o2)cc1Cl. The molecule has 1 fully saturated rings. The Kier molecular flexibility index (Phi) is 5.70. The Balaban J connectivity index is 1.35. The van der Waals surface area contributed by atoms with Crippen LogP contribution in [0.5, 0.6) is 5.75 Å². The van der Waals surface area contributed by atoms with Crippen LogP contribution in [0.2, 0.25) is 5.02 Å². The number of carbonyl (C=O) groups is 2. The molecule has 0 spiro atoms. The Morgan fingerprint density at radius 2 is 1.82 bits per heavy atom. The highest BCUT2D eigenvalue weighted by atomic mass is 35.5. The van der Waals surface area contributed by atoms with Crippen LogP contribution in [-0.2, 0) is 11.3 Å². The summed E-state index contributed by atoms with van der Waals surface area (Å²) in [5.41, 5.74) is 1.68. The first-order valence-electron chi connectivity index (χ1n) is 10.2. The summed E-state index contributed by atoms with van der Waals surface area (Å²) in [4.78, 5) is 27.1. The van der Waals surface area contributed by atoms with Crippen molar-refractivity contribution < 1.29 is 18.7 Å². The van der Waals surface area contributed by atoms with Crippen LogP contribution in [0.1, 0.15) is 11.3 Å². The monoisotopic (exact) mass is 475 g/mol. The number of hydrogen-bond donors (Lipinski definition) is 0. The average molecular weight is 476 g/mol. The molecule has 5 nitrogen and oxygen atoms in total. The molecular formula is C26H18ClNO4S. The van der Waals surface area contributed by atoms with E-state index in [4.69, 9.17) is 20.8 Å². The number of halogens is 1. The highest BCUT2D eigenvalue weighted by molar-refractivity contribution is 8.18. The van der Waals surface area contributed by atoms with Gasteiger partial charge in [-0.15, -0.1) is 0 Å². The molecule has 2 amide bonds. The minimum absolute atomic E-state index is 0.223. The second kappa shape index (κ2) is 8.81. The molecule has 0 saturated carbocycles. The lowest BCUT2D eigenvalue weighted by Gasteiger charge is -2.13. The fraction of sp³-hybridized carbons (Fsp3) is 0.0769. The van der Waals surface area contributed by atoms with E-state index in [1.54, 1.807) is 37.5 Å². The minimum Gasteiger partial charge on any atom is -0.495 e. The first kappa shape index (κ1) is 21.4. The average Bonchev–Trinajstić information content (AvgIpc) is 3.39. The largest absolute Gasteiger partial charge is 0.495 e. The van der Waals surface area contributed by atoms with Crippen LogP contribution in [0, 0.1) is 0 Å². The second-order valence-corrected chi connectivity index (χ2v) is 8.90. The van der Waals surface area contributed by atoms with Gasteiger partial charge in [0.2, 0.25) is 0 Å². The molecule has 3 aromatic carbocycles. The van der Waals surface area contributed by atoms with Crippen molar-refractivity contribution >= 4 is 51.4 Å². The van der Waals surface area contributed by atoms with Gasteiger partial charge in [0.05, 0.1) is 23.6 Å². The van der Waals surface area contributed by atoms with E-state index in [9.17, 15) is 9.59 Å². The Hall–Kier alpha value is -3.48. The molecule has 164 valence electrons. The summed E-state index contributed by atoms with van der Waals surface area (Å²) in [7, 11) is 1.55. The van der Waals surface area contributed by atoms with Gasteiger partial charge in [-0.1, -0.05) is 48.0 Å². The number of furan rings is 1. The van der Waals surface area contributed by atoms with Gasteiger partial charge in [-0.05, 0) is 64.5 Å². The Morgan fingerprint density at radius 3 is 2.61 bits per heavy atom. The van der Waals surface area contributed by atoms with Gasteiger partial charge in [-0.3, -0.25) is 14.5 Å². The van der Waals surface area contributed by atoms with Crippen molar-refractivity contribution in [3.63, 3.8) is 0 Å². The number of rotatable bonds is 5. The standard InChI is InChI=1S/C26H18ClNO4S/c1-31-23-10-8-19(13-21(23)27)22-11-9-20(32-22)14-24-25(29)28(26(30)33-24)15-16-6-7-17-4-2-3-5-18(17)12-16/h2-14H,15H2,1H3/b24-14-. The molecule has 5 rings (SSSR count). The summed E-state index contributed by atoms with van der Waals surface area (Å²) < 4.78 is 11.1. The smallest absolute Gasteiger partial charge is 0.293 e. The Labute approximate surface area is 199 Å². The maximum Gasteiger partial charge on any atom is 0.293 e. The Bertz CT molecular complexity index is 1420. The van der Waals surface area contributed by atoms with Gasteiger partial charge in [0, 0.05) is 11.6 Å². The number of fused-ring (bicyclic) bond motifs is 1. The maximum atomic E-state index is 12.9. The fourth-order valence-electron chi connectivity index (χ4n) is 3.69. The van der Waals surface area contributed by atoms with E-state index in [0.717, 1.165) is 33.7 Å². The number of methoxy groups -OCH3 is 1. The normalized spacial score (nSPS) is 15.1. The summed E-state index contributed by atoms with van der Waals surface area (Å²) in [5.74, 6) is 1.32. The zero-order valence-electron chi connectivity index (χ0n) is 17.6. The van der Waals surface area contributed by atoms with Crippen molar-refractivity contribution in [2.24, 2.45) is 0 Å². The molecule has 1 aromatic heterocycles. The van der Waals surface area contributed by atoms with Gasteiger partial charge in [0.15, 0.2) is 0 Å². The molecule has 0 aliphatic carbocycles. The van der Waals surface area contributed by atoms with Crippen LogP contribution in [0.4, 0.5) is 4.79 Å². The summed E-state index contributed by atoms with van der Waals surface area (Å²) in [6.07, 6.45) is 1.60. The van der Waals surface area contributed by atoms with Crippen LogP contribution >= 0.6 is 23.4 Å². The molecule has 0 atom stereocenters. The number of nitrogens with zero attached hydrogens (tertiary/aromatic N) is 1. The number of ether oxygens (including phenoxy) is 1. The van der Waals surface area contributed by atoms with Gasteiger partial charge < -0.3 is 9.15 Å². The third kappa shape index (κ3) is 4.27. The lowest BCUT2D eigenvalue weighted by Crippen LogP contribution is -2.27. The van der Waals surface area contributed by atoms with E-state index in [1.807, 2.05) is 48.5 Å². The number of hydrogen-bond acceptors (Lipinski definition) is 5. The molecule has 1 aliphatic rings. The highest BCUT2D eigenvalue weighted by Gasteiger charge is 2.35. The number of carbonyl (C=O) groups excluding carboxylic acids is 2. The third-order valence-corrected chi connectivity index (χ3v) is 6.57. The third-order valence-electron chi connectivity index (χ3n) is 5.36. The second-order valence-electron chi connectivity index (χ2n) is 7.50. The van der Waals surface area contributed by atoms with E-state index in [0.29, 0.717) is 27.2 Å².